The summed E-state index contributed by atoms with van der Waals surface area (Å²) in [6, 6.07) is 13.4. The van der Waals surface area contributed by atoms with Crippen molar-refractivity contribution in [2.75, 3.05) is 0 Å². The van der Waals surface area contributed by atoms with Gasteiger partial charge in [0.25, 0.3) is 5.91 Å². The lowest BCUT2D eigenvalue weighted by Gasteiger charge is -2.14. The molecule has 2 heterocycles. The van der Waals surface area contributed by atoms with Crippen LogP contribution in [-0.2, 0) is 11.3 Å². The molecule has 2 aromatic rings. The first-order valence-electron chi connectivity index (χ1n) is 6.18. The van der Waals surface area contributed by atoms with Crippen LogP contribution in [0, 0.1) is 0 Å². The number of benzene rings is 1. The van der Waals surface area contributed by atoms with Crippen molar-refractivity contribution in [1.82, 2.24) is 4.90 Å². The number of furan rings is 1. The smallest absolute Gasteiger partial charge is 0.266 e. The number of halogens is 1. The SMILES string of the molecule is O=C1/C(=C/c2ccc(Br)o2)SC(=S)N1Cc1ccccc1. The first kappa shape index (κ1) is 14.6. The molecule has 1 saturated heterocycles. The number of thiocarbonyl (C=S) groups is 1. The molecular formula is C15H10BrNO2S2. The number of hydrogen-bond donors (Lipinski definition) is 0. The monoisotopic (exact) mass is 379 g/mol. The van der Waals surface area contributed by atoms with E-state index in [1.807, 2.05) is 30.3 Å². The average molecular weight is 380 g/mol. The molecule has 1 aliphatic rings. The topological polar surface area (TPSA) is 33.5 Å². The van der Waals surface area contributed by atoms with Crippen LogP contribution in [0.2, 0.25) is 0 Å². The molecule has 0 saturated carbocycles. The third kappa shape index (κ3) is 3.28. The summed E-state index contributed by atoms with van der Waals surface area (Å²) in [4.78, 5) is 14.6. The predicted octanol–water partition coefficient (Wildman–Crippen LogP) is 4.44. The van der Waals surface area contributed by atoms with E-state index in [4.69, 9.17) is 16.6 Å². The second kappa shape index (κ2) is 6.17. The van der Waals surface area contributed by atoms with Gasteiger partial charge in [0.05, 0.1) is 11.4 Å². The number of hydrogen-bond acceptors (Lipinski definition) is 4. The Balaban J connectivity index is 1.81. The Kier molecular flexibility index (Phi) is 4.28. The van der Waals surface area contributed by atoms with E-state index >= 15 is 0 Å². The van der Waals surface area contributed by atoms with Gasteiger partial charge in [0.1, 0.15) is 10.1 Å². The van der Waals surface area contributed by atoms with Crippen LogP contribution in [0.3, 0.4) is 0 Å². The highest BCUT2D eigenvalue weighted by Crippen LogP contribution is 2.34. The van der Waals surface area contributed by atoms with Gasteiger partial charge in [-0.2, -0.15) is 0 Å². The maximum Gasteiger partial charge on any atom is 0.266 e. The molecule has 0 N–H and O–H groups in total. The molecule has 1 fully saturated rings. The lowest BCUT2D eigenvalue weighted by molar-refractivity contribution is -0.122. The number of rotatable bonds is 3. The van der Waals surface area contributed by atoms with Crippen LogP contribution in [0.4, 0.5) is 0 Å². The van der Waals surface area contributed by atoms with E-state index in [1.165, 1.54) is 11.8 Å². The predicted molar refractivity (Wildman–Crippen MR) is 91.6 cm³/mol. The van der Waals surface area contributed by atoms with Gasteiger partial charge < -0.3 is 4.42 Å². The van der Waals surface area contributed by atoms with Crippen LogP contribution >= 0.6 is 39.9 Å². The molecule has 0 atom stereocenters. The zero-order chi connectivity index (χ0) is 14.8. The third-order valence-electron chi connectivity index (χ3n) is 2.92. The molecule has 21 heavy (non-hydrogen) atoms. The van der Waals surface area contributed by atoms with E-state index < -0.39 is 0 Å². The van der Waals surface area contributed by atoms with Crippen molar-refractivity contribution in [3.63, 3.8) is 0 Å². The first-order valence-corrected chi connectivity index (χ1v) is 8.20. The van der Waals surface area contributed by atoms with E-state index in [0.717, 1.165) is 5.56 Å². The molecule has 106 valence electrons. The molecule has 6 heteroatoms. The second-order valence-electron chi connectivity index (χ2n) is 4.40. The second-order valence-corrected chi connectivity index (χ2v) is 6.85. The Hall–Kier alpha value is -1.37. The number of carbonyl (C=O) groups is 1. The largest absolute Gasteiger partial charge is 0.450 e. The summed E-state index contributed by atoms with van der Waals surface area (Å²) in [7, 11) is 0. The molecule has 1 aromatic heterocycles. The van der Waals surface area contributed by atoms with Crippen LogP contribution in [0.25, 0.3) is 6.08 Å². The molecule has 1 amide bonds. The fourth-order valence-electron chi connectivity index (χ4n) is 1.94. The van der Waals surface area contributed by atoms with Crippen molar-refractivity contribution in [3.05, 3.63) is 63.4 Å². The third-order valence-corrected chi connectivity index (χ3v) is 4.73. The molecule has 0 radical (unpaired) electrons. The van der Waals surface area contributed by atoms with Gasteiger partial charge in [0.15, 0.2) is 4.67 Å². The van der Waals surface area contributed by atoms with Crippen molar-refractivity contribution in [2.45, 2.75) is 6.54 Å². The van der Waals surface area contributed by atoms with Crippen LogP contribution in [0.15, 0.2) is 56.5 Å². The van der Waals surface area contributed by atoms with Crippen molar-refractivity contribution in [1.29, 1.82) is 0 Å². The summed E-state index contributed by atoms with van der Waals surface area (Å²) in [5.74, 6) is 0.545. The zero-order valence-electron chi connectivity index (χ0n) is 10.8. The van der Waals surface area contributed by atoms with Gasteiger partial charge in [-0.15, -0.1) is 0 Å². The Morgan fingerprint density at radius 1 is 1.24 bits per heavy atom. The quantitative estimate of drug-likeness (QED) is 0.582. The molecule has 0 aliphatic carbocycles. The molecular weight excluding hydrogens is 370 g/mol. The van der Waals surface area contributed by atoms with Crippen molar-refractivity contribution in [3.8, 4) is 0 Å². The Bertz CT molecular complexity index is 724. The van der Waals surface area contributed by atoms with Gasteiger partial charge >= 0.3 is 0 Å². The van der Waals surface area contributed by atoms with E-state index in [9.17, 15) is 4.79 Å². The summed E-state index contributed by atoms with van der Waals surface area (Å²) >= 11 is 9.84. The van der Waals surface area contributed by atoms with Crippen molar-refractivity contribution in [2.24, 2.45) is 0 Å². The Morgan fingerprint density at radius 2 is 2.00 bits per heavy atom. The Labute approximate surface area is 140 Å². The van der Waals surface area contributed by atoms with Crippen molar-refractivity contribution < 1.29 is 9.21 Å². The average Bonchev–Trinajstić information content (AvgIpc) is 2.99. The highest BCUT2D eigenvalue weighted by Gasteiger charge is 2.32. The van der Waals surface area contributed by atoms with Gasteiger partial charge in [-0.05, 0) is 33.6 Å². The molecule has 0 bridgehead atoms. The lowest BCUT2D eigenvalue weighted by atomic mass is 10.2. The number of amides is 1. The minimum absolute atomic E-state index is 0.0821. The number of nitrogens with zero attached hydrogens (tertiary/aromatic N) is 1. The number of carbonyl (C=O) groups excluding carboxylic acids is 1. The van der Waals surface area contributed by atoms with Gasteiger partial charge in [0, 0.05) is 6.08 Å². The van der Waals surface area contributed by atoms with Crippen LogP contribution in [-0.4, -0.2) is 15.1 Å². The van der Waals surface area contributed by atoms with Crippen molar-refractivity contribution >= 4 is 56.2 Å². The Morgan fingerprint density at radius 3 is 2.67 bits per heavy atom. The molecule has 3 rings (SSSR count). The fourth-order valence-corrected chi connectivity index (χ4v) is 3.49. The first-order chi connectivity index (χ1) is 10.1. The molecule has 0 unspecified atom stereocenters. The molecule has 1 aliphatic heterocycles. The van der Waals surface area contributed by atoms with E-state index in [2.05, 4.69) is 15.9 Å². The van der Waals surface area contributed by atoms with Gasteiger partial charge in [-0.1, -0.05) is 54.3 Å². The van der Waals surface area contributed by atoms with Gasteiger partial charge in [-0.3, -0.25) is 9.69 Å². The van der Waals surface area contributed by atoms with Crippen LogP contribution in [0.1, 0.15) is 11.3 Å². The summed E-state index contributed by atoms with van der Waals surface area (Å²) in [6.45, 7) is 0.491. The standard InChI is InChI=1S/C15H10BrNO2S2/c16-13-7-6-11(19-13)8-12-14(18)17(15(20)21-12)9-10-4-2-1-3-5-10/h1-8H,9H2/b12-8-. The summed E-state index contributed by atoms with van der Waals surface area (Å²) in [5.41, 5.74) is 1.05. The zero-order valence-corrected chi connectivity index (χ0v) is 14.0. The highest BCUT2D eigenvalue weighted by molar-refractivity contribution is 9.10. The summed E-state index contributed by atoms with van der Waals surface area (Å²) in [6.07, 6.45) is 1.72. The molecule has 0 spiro atoms. The van der Waals surface area contributed by atoms with Gasteiger partial charge in [0.2, 0.25) is 0 Å². The number of thioether (sulfide) groups is 1. The molecule has 3 nitrogen and oxygen atoms in total. The van der Waals surface area contributed by atoms with Crippen LogP contribution < -0.4 is 0 Å². The van der Waals surface area contributed by atoms with E-state index in [0.29, 0.717) is 26.2 Å². The minimum atomic E-state index is -0.0821. The normalized spacial score (nSPS) is 17.0. The van der Waals surface area contributed by atoms with Gasteiger partial charge in [-0.25, -0.2) is 0 Å². The summed E-state index contributed by atoms with van der Waals surface area (Å²) < 4.78 is 6.60. The van der Waals surface area contributed by atoms with Crippen LogP contribution in [0.5, 0.6) is 0 Å². The maximum atomic E-state index is 12.4. The highest BCUT2D eigenvalue weighted by atomic mass is 79.9. The summed E-state index contributed by atoms with van der Waals surface area (Å²) in [5, 5.41) is 0. The lowest BCUT2D eigenvalue weighted by Crippen LogP contribution is -2.27. The fraction of sp³-hybridized carbons (Fsp3) is 0.0667. The molecule has 1 aromatic carbocycles. The maximum absolute atomic E-state index is 12.4. The minimum Gasteiger partial charge on any atom is -0.450 e. The van der Waals surface area contributed by atoms with E-state index in [-0.39, 0.29) is 5.91 Å². The van der Waals surface area contributed by atoms with E-state index in [1.54, 1.807) is 23.1 Å².